The van der Waals surface area contributed by atoms with Crippen LogP contribution >= 0.6 is 11.9 Å². The molecule has 23 heavy (non-hydrogen) atoms. The number of carbonyl (C=O) groups excluding carboxylic acids is 2. The smallest absolute Gasteiger partial charge is 0.408 e. The van der Waals surface area contributed by atoms with E-state index in [4.69, 9.17) is 4.74 Å². The Labute approximate surface area is 138 Å². The third-order valence-electron chi connectivity index (χ3n) is 2.87. The van der Waals surface area contributed by atoms with Crippen LogP contribution in [0.15, 0.2) is 30.3 Å². The first-order valence-corrected chi connectivity index (χ1v) is 7.68. The van der Waals surface area contributed by atoms with Crippen LogP contribution in [0.3, 0.4) is 0 Å². The summed E-state index contributed by atoms with van der Waals surface area (Å²) < 4.78 is 6.53. The van der Waals surface area contributed by atoms with Crippen molar-refractivity contribution >= 4 is 29.9 Å². The Bertz CT molecular complexity index is 562. The first kappa shape index (κ1) is 18.8. The van der Waals surface area contributed by atoms with E-state index in [0.717, 1.165) is 17.5 Å². The molecular weight excluding hydrogens is 320 g/mol. The van der Waals surface area contributed by atoms with Crippen molar-refractivity contribution in [3.8, 4) is 0 Å². The van der Waals surface area contributed by atoms with Crippen molar-refractivity contribution < 1.29 is 24.2 Å². The van der Waals surface area contributed by atoms with E-state index in [2.05, 4.69) is 10.0 Å². The first-order valence-electron chi connectivity index (χ1n) is 6.87. The first-order chi connectivity index (χ1) is 10.7. The van der Waals surface area contributed by atoms with Crippen LogP contribution in [0.25, 0.3) is 0 Å². The van der Waals surface area contributed by atoms with Crippen molar-refractivity contribution in [2.45, 2.75) is 38.2 Å². The van der Waals surface area contributed by atoms with Gasteiger partial charge in [-0.05, 0) is 31.4 Å². The minimum absolute atomic E-state index is 0.0400. The lowest BCUT2D eigenvalue weighted by Gasteiger charge is -2.30. The quantitative estimate of drug-likeness (QED) is 0.655. The summed E-state index contributed by atoms with van der Waals surface area (Å²) >= 11 is 0.929. The maximum Gasteiger partial charge on any atom is 0.408 e. The number of carboxylic acid groups (broad SMARTS) is 1. The Morgan fingerprint density at radius 1 is 1.26 bits per heavy atom. The van der Waals surface area contributed by atoms with E-state index >= 15 is 0 Å². The normalized spacial score (nSPS) is 12.1. The van der Waals surface area contributed by atoms with Crippen molar-refractivity contribution in [2.24, 2.45) is 0 Å². The van der Waals surface area contributed by atoms with Gasteiger partial charge >= 0.3 is 12.1 Å². The van der Waals surface area contributed by atoms with Crippen molar-refractivity contribution in [3.63, 3.8) is 0 Å². The minimum Gasteiger partial charge on any atom is -0.480 e. The summed E-state index contributed by atoms with van der Waals surface area (Å²) in [6.07, 6.45) is -0.835. The third kappa shape index (κ3) is 6.60. The van der Waals surface area contributed by atoms with E-state index in [1.165, 1.54) is 6.92 Å². The molecule has 0 aliphatic heterocycles. The Morgan fingerprint density at radius 2 is 1.87 bits per heavy atom. The highest BCUT2D eigenvalue weighted by molar-refractivity contribution is 7.99. The van der Waals surface area contributed by atoms with Gasteiger partial charge in [-0.25, -0.2) is 9.59 Å². The molecule has 2 amide bonds. The number of hydrogen-bond acceptors (Lipinski definition) is 5. The number of ether oxygens (including phenoxy) is 1. The fraction of sp³-hybridized carbons (Fsp3) is 0.400. The number of aliphatic carboxylic acids is 1. The van der Waals surface area contributed by atoms with Gasteiger partial charge in [-0.2, -0.15) is 0 Å². The van der Waals surface area contributed by atoms with Gasteiger partial charge in [-0.3, -0.25) is 9.52 Å². The fourth-order valence-corrected chi connectivity index (χ4v) is 2.36. The van der Waals surface area contributed by atoms with Crippen molar-refractivity contribution in [3.05, 3.63) is 35.9 Å². The predicted molar refractivity (Wildman–Crippen MR) is 86.7 cm³/mol. The van der Waals surface area contributed by atoms with Crippen molar-refractivity contribution in [2.75, 3.05) is 0 Å². The van der Waals surface area contributed by atoms with E-state index in [1.54, 1.807) is 26.0 Å². The van der Waals surface area contributed by atoms with E-state index < -0.39 is 22.9 Å². The molecule has 0 saturated carbocycles. The number of nitrogens with one attached hydrogen (secondary N) is 2. The molecule has 0 unspecified atom stereocenters. The van der Waals surface area contributed by atoms with E-state index in [9.17, 15) is 19.5 Å². The van der Waals surface area contributed by atoms with Gasteiger partial charge in [0.2, 0.25) is 5.91 Å². The van der Waals surface area contributed by atoms with Gasteiger partial charge in [0.05, 0.1) is 4.75 Å². The molecule has 3 N–H and O–H groups in total. The van der Waals surface area contributed by atoms with E-state index in [0.29, 0.717) is 0 Å². The zero-order valence-corrected chi connectivity index (χ0v) is 14.0. The maximum atomic E-state index is 11.8. The summed E-state index contributed by atoms with van der Waals surface area (Å²) in [4.78, 5) is 34.2. The van der Waals surface area contributed by atoms with Gasteiger partial charge < -0.3 is 15.2 Å². The number of carbonyl (C=O) groups is 3. The fourth-order valence-electron chi connectivity index (χ4n) is 1.68. The van der Waals surface area contributed by atoms with Gasteiger partial charge in [0.15, 0.2) is 0 Å². The second-order valence-electron chi connectivity index (χ2n) is 5.34. The maximum absolute atomic E-state index is 11.8. The van der Waals surface area contributed by atoms with Gasteiger partial charge in [0.25, 0.3) is 0 Å². The molecular formula is C15H20N2O5S. The second-order valence-corrected chi connectivity index (χ2v) is 6.80. The highest BCUT2D eigenvalue weighted by Gasteiger charge is 2.38. The number of benzene rings is 1. The topological polar surface area (TPSA) is 105 Å². The van der Waals surface area contributed by atoms with Gasteiger partial charge in [0.1, 0.15) is 12.6 Å². The molecule has 1 atom stereocenters. The minimum atomic E-state index is -1.23. The molecule has 0 spiro atoms. The van der Waals surface area contributed by atoms with Crippen molar-refractivity contribution in [1.29, 1.82) is 0 Å². The van der Waals surface area contributed by atoms with Crippen molar-refractivity contribution in [1.82, 2.24) is 10.0 Å². The molecule has 1 rings (SSSR count). The monoisotopic (exact) mass is 340 g/mol. The standard InChI is InChI=1S/C15H20N2O5S/c1-10(18)17-23-15(2,3)12(13(19)20)16-14(21)22-9-11-7-5-4-6-8-11/h4-8,12H,9H2,1-3H3,(H,16,21)(H,17,18)(H,19,20)/t12-/m1/s1. The molecule has 0 saturated heterocycles. The molecule has 7 nitrogen and oxygen atoms in total. The lowest BCUT2D eigenvalue weighted by Crippen LogP contribution is -2.53. The average Bonchev–Trinajstić information content (AvgIpc) is 2.49. The molecule has 1 aromatic carbocycles. The molecule has 0 heterocycles. The van der Waals surface area contributed by atoms with Gasteiger partial charge in [0, 0.05) is 6.92 Å². The summed E-state index contributed by atoms with van der Waals surface area (Å²) in [6, 6.07) is 7.80. The molecule has 0 fully saturated rings. The summed E-state index contributed by atoms with van der Waals surface area (Å²) in [5.41, 5.74) is 0.793. The summed E-state index contributed by atoms with van der Waals surface area (Å²) in [6.45, 7) is 4.56. The van der Waals surface area contributed by atoms with Crippen LogP contribution in [0.4, 0.5) is 4.79 Å². The Balaban J connectivity index is 2.62. The molecule has 126 valence electrons. The number of amides is 2. The van der Waals surface area contributed by atoms with Gasteiger partial charge in [-0.15, -0.1) is 0 Å². The number of alkyl carbamates (subject to hydrolysis) is 1. The van der Waals surface area contributed by atoms with Crippen LogP contribution in [0.5, 0.6) is 0 Å². The number of hydrogen-bond donors (Lipinski definition) is 3. The lowest BCUT2D eigenvalue weighted by molar-refractivity contribution is -0.140. The zero-order chi connectivity index (χ0) is 17.5. The highest BCUT2D eigenvalue weighted by Crippen LogP contribution is 2.26. The molecule has 0 radical (unpaired) electrons. The summed E-state index contributed by atoms with van der Waals surface area (Å²) in [5.74, 6) is -1.52. The van der Waals surface area contributed by atoms with E-state index in [-0.39, 0.29) is 12.5 Å². The highest BCUT2D eigenvalue weighted by atomic mass is 32.2. The second kappa shape index (κ2) is 8.42. The van der Waals surface area contributed by atoms with Crippen LogP contribution < -0.4 is 10.0 Å². The molecule has 0 bridgehead atoms. The molecule has 0 aliphatic rings. The Kier molecular flexibility index (Phi) is 6.89. The SMILES string of the molecule is CC(=O)NSC(C)(C)[C@H](NC(=O)OCc1ccccc1)C(=O)O. The number of rotatable bonds is 7. The summed E-state index contributed by atoms with van der Waals surface area (Å²) in [5, 5.41) is 11.6. The molecule has 0 aliphatic carbocycles. The molecule has 0 aromatic heterocycles. The van der Waals surface area contributed by atoms with Crippen LogP contribution in [0.1, 0.15) is 26.3 Å². The van der Waals surface area contributed by atoms with E-state index in [1.807, 2.05) is 18.2 Å². The number of carboxylic acids is 1. The Morgan fingerprint density at radius 3 is 2.39 bits per heavy atom. The Hall–Kier alpha value is -2.22. The van der Waals surface area contributed by atoms with Crippen LogP contribution in [0.2, 0.25) is 0 Å². The average molecular weight is 340 g/mol. The van der Waals surface area contributed by atoms with Crippen LogP contribution in [-0.2, 0) is 20.9 Å². The van der Waals surface area contributed by atoms with Gasteiger partial charge in [-0.1, -0.05) is 30.3 Å². The zero-order valence-electron chi connectivity index (χ0n) is 13.2. The van der Waals surface area contributed by atoms with Crippen LogP contribution in [0, 0.1) is 0 Å². The predicted octanol–water partition coefficient (Wildman–Crippen LogP) is 1.93. The molecule has 1 aromatic rings. The summed E-state index contributed by atoms with van der Waals surface area (Å²) in [7, 11) is 0. The largest absolute Gasteiger partial charge is 0.480 e. The van der Waals surface area contributed by atoms with Crippen LogP contribution in [-0.4, -0.2) is 33.9 Å². The lowest BCUT2D eigenvalue weighted by atomic mass is 10.0. The third-order valence-corrected chi connectivity index (χ3v) is 4.03. The molecule has 8 heteroatoms.